The standard InChI is InChI=1S/C25H30N4O4/c1-3-16(2)22(29-25(32)33-15-17-9-5-4-6-10-17)24(31)28-21(23(26)30)13-18-14-27-20-12-8-7-11-19(18)20/h4-12,14,16,21-22,27H,3,13,15H2,1-2H3,(H2,26,30)(H,28,31)(H,29,32)/t16-,21-,22+/m0/s1. The number of carbonyl (C=O) groups is 3. The third kappa shape index (κ3) is 6.35. The van der Waals surface area contributed by atoms with Crippen molar-refractivity contribution < 1.29 is 19.1 Å². The summed E-state index contributed by atoms with van der Waals surface area (Å²) in [5.41, 5.74) is 8.23. The molecule has 0 bridgehead atoms. The number of H-pyrrole nitrogens is 1. The summed E-state index contributed by atoms with van der Waals surface area (Å²) in [7, 11) is 0. The van der Waals surface area contributed by atoms with E-state index in [-0.39, 0.29) is 18.9 Å². The molecule has 0 saturated carbocycles. The number of aromatic amines is 1. The molecule has 8 heteroatoms. The molecular formula is C25H30N4O4. The highest BCUT2D eigenvalue weighted by atomic mass is 16.5. The second kappa shape index (κ2) is 11.2. The lowest BCUT2D eigenvalue weighted by atomic mass is 9.97. The fourth-order valence-corrected chi connectivity index (χ4v) is 3.60. The minimum absolute atomic E-state index is 0.0893. The molecule has 174 valence electrons. The number of hydrogen-bond acceptors (Lipinski definition) is 4. The summed E-state index contributed by atoms with van der Waals surface area (Å²) in [4.78, 5) is 40.7. The number of amides is 3. The van der Waals surface area contributed by atoms with Gasteiger partial charge in [-0.3, -0.25) is 9.59 Å². The number of rotatable bonds is 10. The fraction of sp³-hybridized carbons (Fsp3) is 0.320. The van der Waals surface area contributed by atoms with E-state index in [1.54, 1.807) is 6.20 Å². The summed E-state index contributed by atoms with van der Waals surface area (Å²) >= 11 is 0. The second-order valence-corrected chi connectivity index (χ2v) is 8.10. The minimum atomic E-state index is -0.926. The van der Waals surface area contributed by atoms with Crippen molar-refractivity contribution in [2.75, 3.05) is 0 Å². The predicted octanol–water partition coefficient (Wildman–Crippen LogP) is 3.02. The Morgan fingerprint density at radius 3 is 2.42 bits per heavy atom. The van der Waals surface area contributed by atoms with Gasteiger partial charge < -0.3 is 26.1 Å². The Morgan fingerprint density at radius 1 is 1.03 bits per heavy atom. The number of benzene rings is 2. The van der Waals surface area contributed by atoms with Gasteiger partial charge in [0.1, 0.15) is 18.7 Å². The van der Waals surface area contributed by atoms with Crippen LogP contribution in [0.15, 0.2) is 60.8 Å². The highest BCUT2D eigenvalue weighted by molar-refractivity contribution is 5.92. The van der Waals surface area contributed by atoms with Crippen LogP contribution in [0.2, 0.25) is 0 Å². The molecule has 1 aromatic heterocycles. The van der Waals surface area contributed by atoms with E-state index in [4.69, 9.17) is 10.5 Å². The van der Waals surface area contributed by atoms with Crippen molar-refractivity contribution in [3.63, 3.8) is 0 Å². The van der Waals surface area contributed by atoms with Gasteiger partial charge in [0.2, 0.25) is 11.8 Å². The van der Waals surface area contributed by atoms with E-state index in [1.807, 2.05) is 68.4 Å². The monoisotopic (exact) mass is 450 g/mol. The van der Waals surface area contributed by atoms with Gasteiger partial charge in [0.25, 0.3) is 0 Å². The minimum Gasteiger partial charge on any atom is -0.445 e. The number of ether oxygens (including phenoxy) is 1. The van der Waals surface area contributed by atoms with Crippen LogP contribution in [0.1, 0.15) is 31.4 Å². The van der Waals surface area contributed by atoms with Gasteiger partial charge in [-0.2, -0.15) is 0 Å². The van der Waals surface area contributed by atoms with Gasteiger partial charge >= 0.3 is 6.09 Å². The number of alkyl carbamates (subject to hydrolysis) is 1. The molecule has 0 aliphatic carbocycles. The molecule has 5 N–H and O–H groups in total. The van der Waals surface area contributed by atoms with Crippen LogP contribution < -0.4 is 16.4 Å². The molecule has 3 rings (SSSR count). The Labute approximate surface area is 192 Å². The topological polar surface area (TPSA) is 126 Å². The predicted molar refractivity (Wildman–Crippen MR) is 126 cm³/mol. The van der Waals surface area contributed by atoms with Gasteiger partial charge in [0, 0.05) is 23.5 Å². The molecule has 0 spiro atoms. The number of primary amides is 1. The van der Waals surface area contributed by atoms with E-state index in [9.17, 15) is 14.4 Å². The highest BCUT2D eigenvalue weighted by Gasteiger charge is 2.30. The molecule has 0 saturated heterocycles. The van der Waals surface area contributed by atoms with Gasteiger partial charge in [-0.25, -0.2) is 4.79 Å². The van der Waals surface area contributed by atoms with E-state index in [0.29, 0.717) is 6.42 Å². The lowest BCUT2D eigenvalue weighted by molar-refractivity contribution is -0.129. The molecule has 2 aromatic carbocycles. The molecule has 8 nitrogen and oxygen atoms in total. The lowest BCUT2D eigenvalue weighted by Crippen LogP contribution is -2.55. The van der Waals surface area contributed by atoms with Gasteiger partial charge in [-0.1, -0.05) is 68.8 Å². The maximum Gasteiger partial charge on any atom is 0.408 e. The number of aromatic nitrogens is 1. The van der Waals surface area contributed by atoms with Crippen LogP contribution >= 0.6 is 0 Å². The van der Waals surface area contributed by atoms with Gasteiger partial charge in [0.05, 0.1) is 0 Å². The van der Waals surface area contributed by atoms with Crippen LogP contribution in [0.25, 0.3) is 10.9 Å². The van der Waals surface area contributed by atoms with E-state index >= 15 is 0 Å². The van der Waals surface area contributed by atoms with Crippen molar-refractivity contribution >= 4 is 28.8 Å². The summed E-state index contributed by atoms with van der Waals surface area (Å²) in [6.07, 6.45) is 1.97. The average molecular weight is 451 g/mol. The van der Waals surface area contributed by atoms with Crippen molar-refractivity contribution in [3.05, 3.63) is 71.9 Å². The Hall–Kier alpha value is -3.81. The van der Waals surface area contributed by atoms with E-state index in [1.165, 1.54) is 0 Å². The Bertz CT molecular complexity index is 1100. The largest absolute Gasteiger partial charge is 0.445 e. The number of para-hydroxylation sites is 1. The Kier molecular flexibility index (Phi) is 8.07. The number of nitrogens with two attached hydrogens (primary N) is 1. The van der Waals surface area contributed by atoms with Crippen LogP contribution in [0.4, 0.5) is 4.79 Å². The van der Waals surface area contributed by atoms with Gasteiger partial charge in [-0.05, 0) is 23.1 Å². The normalized spacial score (nSPS) is 13.6. The number of nitrogens with one attached hydrogen (secondary N) is 3. The first kappa shape index (κ1) is 23.8. The molecule has 0 fully saturated rings. The first-order valence-electron chi connectivity index (χ1n) is 11.0. The van der Waals surface area contributed by atoms with Crippen molar-refractivity contribution in [1.82, 2.24) is 15.6 Å². The summed E-state index contributed by atoms with van der Waals surface area (Å²) in [5, 5.41) is 6.31. The van der Waals surface area contributed by atoms with Crippen molar-refractivity contribution in [2.24, 2.45) is 11.7 Å². The van der Waals surface area contributed by atoms with Gasteiger partial charge in [-0.15, -0.1) is 0 Å². The molecule has 0 aliphatic heterocycles. The quantitative estimate of drug-likeness (QED) is 0.379. The zero-order chi connectivity index (χ0) is 23.8. The zero-order valence-corrected chi connectivity index (χ0v) is 18.8. The van der Waals surface area contributed by atoms with Crippen LogP contribution in [-0.4, -0.2) is 35.0 Å². The maximum atomic E-state index is 13.1. The first-order chi connectivity index (χ1) is 15.9. The molecule has 0 aliphatic rings. The molecule has 3 atom stereocenters. The maximum absolute atomic E-state index is 13.1. The van der Waals surface area contributed by atoms with Crippen molar-refractivity contribution in [2.45, 2.75) is 45.4 Å². The Balaban J connectivity index is 1.66. The SMILES string of the molecule is CC[C@H](C)[C@@H](NC(=O)OCc1ccccc1)C(=O)N[C@@H](Cc1c[nH]c2ccccc12)C(N)=O. The lowest BCUT2D eigenvalue weighted by Gasteiger charge is -2.25. The third-order valence-corrected chi connectivity index (χ3v) is 5.74. The smallest absolute Gasteiger partial charge is 0.408 e. The second-order valence-electron chi connectivity index (χ2n) is 8.10. The molecule has 33 heavy (non-hydrogen) atoms. The zero-order valence-electron chi connectivity index (χ0n) is 18.8. The summed E-state index contributed by atoms with van der Waals surface area (Å²) in [6, 6.07) is 15.1. The van der Waals surface area contributed by atoms with Crippen LogP contribution in [0.5, 0.6) is 0 Å². The third-order valence-electron chi connectivity index (χ3n) is 5.74. The summed E-state index contributed by atoms with van der Waals surface area (Å²) < 4.78 is 5.26. The molecule has 3 amide bonds. The van der Waals surface area contributed by atoms with Crippen LogP contribution in [0, 0.1) is 5.92 Å². The first-order valence-corrected chi connectivity index (χ1v) is 11.0. The highest BCUT2D eigenvalue weighted by Crippen LogP contribution is 2.19. The van der Waals surface area contributed by atoms with Crippen molar-refractivity contribution in [1.29, 1.82) is 0 Å². The van der Waals surface area contributed by atoms with Crippen LogP contribution in [-0.2, 0) is 27.4 Å². The molecule has 3 aromatic rings. The summed E-state index contributed by atoms with van der Waals surface area (Å²) in [5.74, 6) is -1.32. The molecule has 0 radical (unpaired) electrons. The van der Waals surface area contributed by atoms with E-state index < -0.39 is 30.0 Å². The molecule has 1 heterocycles. The van der Waals surface area contributed by atoms with E-state index in [2.05, 4.69) is 15.6 Å². The molecule has 0 unspecified atom stereocenters. The number of hydrogen-bond donors (Lipinski definition) is 4. The van der Waals surface area contributed by atoms with Gasteiger partial charge in [0.15, 0.2) is 0 Å². The molecular weight excluding hydrogens is 420 g/mol. The van der Waals surface area contributed by atoms with E-state index in [0.717, 1.165) is 22.0 Å². The Morgan fingerprint density at radius 2 is 1.73 bits per heavy atom. The summed E-state index contributed by atoms with van der Waals surface area (Å²) in [6.45, 7) is 3.85. The van der Waals surface area contributed by atoms with Crippen LogP contribution in [0.3, 0.4) is 0 Å². The number of carbonyl (C=O) groups excluding carboxylic acids is 3. The number of fused-ring (bicyclic) bond motifs is 1. The van der Waals surface area contributed by atoms with Crippen molar-refractivity contribution in [3.8, 4) is 0 Å². The average Bonchev–Trinajstić information content (AvgIpc) is 3.23. The fourth-order valence-electron chi connectivity index (χ4n) is 3.60.